The van der Waals surface area contributed by atoms with Crippen molar-refractivity contribution in [2.45, 2.75) is 11.8 Å². The Kier molecular flexibility index (Phi) is 5.07. The Balaban J connectivity index is 1.91. The van der Waals surface area contributed by atoms with E-state index in [0.29, 0.717) is 11.3 Å². The van der Waals surface area contributed by atoms with Gasteiger partial charge < -0.3 is 24.1 Å². The number of hydrogen-bond donors (Lipinski definition) is 1. The van der Waals surface area contributed by atoms with Gasteiger partial charge in [0.25, 0.3) is 0 Å². The van der Waals surface area contributed by atoms with E-state index in [9.17, 15) is 13.2 Å². The highest BCUT2D eigenvalue weighted by atomic mass is 32.2. The minimum atomic E-state index is -4.22. The van der Waals surface area contributed by atoms with Crippen LogP contribution in [0, 0.1) is 0 Å². The third-order valence-electron chi connectivity index (χ3n) is 3.90. The number of ether oxygens (including phenoxy) is 3. The van der Waals surface area contributed by atoms with Gasteiger partial charge in [-0.2, -0.15) is 8.42 Å². The van der Waals surface area contributed by atoms with Crippen molar-refractivity contribution in [1.82, 2.24) is 0 Å². The van der Waals surface area contributed by atoms with Crippen LogP contribution in [0.2, 0.25) is 0 Å². The zero-order valence-corrected chi connectivity index (χ0v) is 16.0. The molecule has 0 bridgehead atoms. The number of ketones is 1. The molecule has 0 amide bonds. The van der Waals surface area contributed by atoms with Gasteiger partial charge in [0.05, 0.1) is 15.6 Å². The maximum absolute atomic E-state index is 12.9. The first-order valence-corrected chi connectivity index (χ1v) is 9.70. The van der Waals surface area contributed by atoms with E-state index in [4.69, 9.17) is 25.5 Å². The topological polar surface area (TPSA) is 114 Å². The maximum atomic E-state index is 12.9. The number of nitrogens with two attached hydrogens (primary N) is 1. The zero-order valence-electron chi connectivity index (χ0n) is 16.2. The lowest BCUT2D eigenvalue weighted by Gasteiger charge is -2.15. The molecule has 2 N–H and O–H groups in total. The summed E-state index contributed by atoms with van der Waals surface area (Å²) in [6.07, 6.45) is -2.39. The van der Waals surface area contributed by atoms with Crippen molar-refractivity contribution >= 4 is 15.9 Å². The van der Waals surface area contributed by atoms with Gasteiger partial charge in [0.1, 0.15) is 17.3 Å². The highest BCUT2D eigenvalue weighted by molar-refractivity contribution is 7.86. The summed E-state index contributed by atoms with van der Waals surface area (Å²) in [6, 6.07) is 12.7. The zero-order chi connectivity index (χ0) is 21.2. The van der Waals surface area contributed by atoms with Crippen LogP contribution in [0.15, 0.2) is 60.2 Å². The summed E-state index contributed by atoms with van der Waals surface area (Å²) in [6.45, 7) is 0. The first-order valence-electron chi connectivity index (χ1n) is 8.62. The van der Waals surface area contributed by atoms with Crippen molar-refractivity contribution in [3.05, 3.63) is 71.3 Å². The Morgan fingerprint density at radius 3 is 2.50 bits per heavy atom. The second-order valence-electron chi connectivity index (χ2n) is 5.79. The average molecular weight is 406 g/mol. The van der Waals surface area contributed by atoms with Gasteiger partial charge >= 0.3 is 10.1 Å². The van der Waals surface area contributed by atoms with Crippen LogP contribution in [0.1, 0.15) is 18.6 Å². The normalized spacial score (nSPS) is 19.8. The molecule has 8 nitrogen and oxygen atoms in total. The highest BCUT2D eigenvalue weighted by Crippen LogP contribution is 2.38. The van der Waals surface area contributed by atoms with Crippen molar-refractivity contribution in [2.24, 2.45) is 5.73 Å². The molecule has 1 aliphatic rings. The summed E-state index contributed by atoms with van der Waals surface area (Å²) in [4.78, 5) is 12.9. The van der Waals surface area contributed by atoms with Crippen LogP contribution in [0.25, 0.3) is 0 Å². The summed E-state index contributed by atoms with van der Waals surface area (Å²) >= 11 is 0. The molecule has 3 rings (SSSR count). The lowest BCUT2D eigenvalue weighted by atomic mass is 10.0. The van der Waals surface area contributed by atoms with Crippen LogP contribution >= 0.6 is 0 Å². The first-order chi connectivity index (χ1) is 13.7. The van der Waals surface area contributed by atoms with Gasteiger partial charge in [0, 0.05) is 5.56 Å². The number of benzene rings is 2. The fraction of sp³-hybridized carbons (Fsp3) is 0.211. The molecular formula is C19H19NO7S. The van der Waals surface area contributed by atoms with Crippen molar-refractivity contribution < 1.29 is 33.0 Å². The van der Waals surface area contributed by atoms with Crippen LogP contribution in [0.3, 0.4) is 0 Å². The predicted octanol–water partition coefficient (Wildman–Crippen LogP) is 2.02. The van der Waals surface area contributed by atoms with E-state index in [1.54, 1.807) is 36.4 Å². The van der Waals surface area contributed by atoms with Crippen LogP contribution in [0.5, 0.6) is 11.5 Å². The lowest BCUT2D eigenvalue weighted by molar-refractivity contribution is -0.123. The molecule has 0 radical (unpaired) electrons. The highest BCUT2D eigenvalue weighted by Gasteiger charge is 2.41. The molecule has 1 atom stereocenters. The molecule has 0 aliphatic carbocycles. The van der Waals surface area contributed by atoms with Crippen molar-refractivity contribution in [2.75, 3.05) is 14.2 Å². The smallest absolute Gasteiger partial charge is 0.313 e. The Morgan fingerprint density at radius 2 is 1.86 bits per heavy atom. The number of methoxy groups -OCH3 is 2. The van der Waals surface area contributed by atoms with E-state index in [0.717, 1.165) is 0 Å². The summed E-state index contributed by atoms with van der Waals surface area (Å²) in [5.41, 5.74) is 6.15. The molecule has 28 heavy (non-hydrogen) atoms. The molecule has 0 saturated carbocycles. The van der Waals surface area contributed by atoms with Gasteiger partial charge in [0.15, 0.2) is 6.08 Å². The molecule has 1 aliphatic heterocycles. The second kappa shape index (κ2) is 7.81. The molecular weight excluding hydrogens is 386 g/mol. The van der Waals surface area contributed by atoms with Crippen molar-refractivity contribution in [1.29, 1.82) is 0 Å². The largest absolute Gasteiger partial charge is 0.497 e. The van der Waals surface area contributed by atoms with Crippen LogP contribution < -0.4 is 15.2 Å². The minimum absolute atomic E-state index is 0.00800. The summed E-state index contributed by atoms with van der Waals surface area (Å²) in [7, 11) is -1.46. The van der Waals surface area contributed by atoms with Gasteiger partial charge in [0.2, 0.25) is 17.4 Å². The number of Topliss-reactive ketones (excluding diaryl/α,β-unsaturated/α-hetero) is 1. The number of carbonyl (C=O) groups is 1. The van der Waals surface area contributed by atoms with E-state index in [1.165, 1.54) is 26.4 Å². The van der Waals surface area contributed by atoms with Gasteiger partial charge in [-0.3, -0.25) is 4.79 Å². The van der Waals surface area contributed by atoms with Crippen molar-refractivity contribution in [3.63, 3.8) is 0 Å². The Hall–Kier alpha value is -3.20. The molecule has 2 aromatic rings. The average Bonchev–Trinajstić information content (AvgIpc) is 2.91. The quantitative estimate of drug-likeness (QED) is 0.695. The van der Waals surface area contributed by atoms with E-state index >= 15 is 0 Å². The number of hydrogen-bond acceptors (Lipinski definition) is 8. The molecule has 0 spiro atoms. The van der Waals surface area contributed by atoms with Crippen LogP contribution in [0.4, 0.5) is 0 Å². The van der Waals surface area contributed by atoms with E-state index in [1.807, 2.05) is 0 Å². The number of carbonyl (C=O) groups excluding carboxylic acids is 1. The molecule has 0 saturated heterocycles. The minimum Gasteiger partial charge on any atom is -0.497 e. The maximum Gasteiger partial charge on any atom is 0.313 e. The predicted molar refractivity (Wildman–Crippen MR) is 99.7 cm³/mol. The summed E-state index contributed by atoms with van der Waals surface area (Å²) in [5, 5.41) is 0. The SMILES string of the molecule is [2H]C1(c2cc(OC)ccc2OC)OC(N)=C(OS(=O)(=O)Cc2ccccc2)C1=O. The van der Waals surface area contributed by atoms with E-state index in [-0.39, 0.29) is 11.3 Å². The molecule has 0 aromatic heterocycles. The lowest BCUT2D eigenvalue weighted by Crippen LogP contribution is -2.16. The Labute approximate surface area is 164 Å². The van der Waals surface area contributed by atoms with Gasteiger partial charge in [-0.15, -0.1) is 0 Å². The molecule has 1 heterocycles. The third-order valence-corrected chi connectivity index (χ3v) is 5.00. The number of rotatable bonds is 7. The molecule has 1 unspecified atom stereocenters. The Bertz CT molecular complexity index is 1070. The molecule has 9 heteroatoms. The standard InChI is InChI=1S/C19H19NO7S/c1-24-13-8-9-15(25-2)14(10-13)17-16(21)18(19(20)26-17)27-28(22,23)11-12-6-4-3-5-7-12/h3-10,17H,11,20H2,1-2H3/i17D. The van der Waals surface area contributed by atoms with Crippen molar-refractivity contribution in [3.8, 4) is 11.5 Å². The summed E-state index contributed by atoms with van der Waals surface area (Å²) in [5.74, 6) is -2.40. The molecule has 148 valence electrons. The fourth-order valence-electron chi connectivity index (χ4n) is 2.60. The fourth-order valence-corrected chi connectivity index (χ4v) is 3.67. The van der Waals surface area contributed by atoms with Gasteiger partial charge in [-0.25, -0.2) is 0 Å². The molecule has 2 aromatic carbocycles. The summed E-state index contributed by atoms with van der Waals surface area (Å²) < 4.78 is 53.8. The van der Waals surface area contributed by atoms with Gasteiger partial charge in [-0.05, 0) is 23.8 Å². The van der Waals surface area contributed by atoms with E-state index in [2.05, 4.69) is 0 Å². The third kappa shape index (κ3) is 4.04. The Morgan fingerprint density at radius 1 is 1.14 bits per heavy atom. The van der Waals surface area contributed by atoms with E-state index < -0.39 is 39.4 Å². The monoisotopic (exact) mass is 406 g/mol. The van der Waals surface area contributed by atoms with Crippen LogP contribution in [-0.4, -0.2) is 28.4 Å². The van der Waals surface area contributed by atoms with Gasteiger partial charge in [-0.1, -0.05) is 30.3 Å². The molecule has 0 fully saturated rings. The van der Waals surface area contributed by atoms with Crippen LogP contribution in [-0.2, 0) is 29.6 Å². The first kappa shape index (κ1) is 18.2. The second-order valence-corrected chi connectivity index (χ2v) is 7.36.